The third-order valence-corrected chi connectivity index (χ3v) is 3.86. The number of rotatable bonds is 4. The summed E-state index contributed by atoms with van der Waals surface area (Å²) in [5.74, 6) is 1.42. The summed E-state index contributed by atoms with van der Waals surface area (Å²) in [7, 11) is 1.62. The molecule has 0 spiro atoms. The van der Waals surface area contributed by atoms with Crippen molar-refractivity contribution in [1.82, 2.24) is 0 Å². The Balaban J connectivity index is 2.22. The van der Waals surface area contributed by atoms with Crippen LogP contribution in [0.15, 0.2) is 57.9 Å². The minimum atomic E-state index is -0.512. The van der Waals surface area contributed by atoms with E-state index in [0.29, 0.717) is 22.9 Å². The summed E-state index contributed by atoms with van der Waals surface area (Å²) in [6.45, 7) is 2.02. The summed E-state index contributed by atoms with van der Waals surface area (Å²) in [6, 6.07) is 14.9. The maximum Gasteiger partial charge on any atom is 0.137 e. The number of hydrogen-bond donors (Lipinski definition) is 1. The van der Waals surface area contributed by atoms with E-state index in [2.05, 4.69) is 4.99 Å². The van der Waals surface area contributed by atoms with Crippen LogP contribution in [0.3, 0.4) is 0 Å². The Kier molecular flexibility index (Phi) is 4.88. The Morgan fingerprint density at radius 1 is 1.17 bits per heavy atom. The van der Waals surface area contributed by atoms with Crippen molar-refractivity contribution >= 4 is 22.6 Å². The lowest BCUT2D eigenvalue weighted by Crippen LogP contribution is -2.11. The number of nitrogens with zero attached hydrogens (tertiary/aromatic N) is 1. The largest absolute Gasteiger partial charge is 0.497 e. The standard InChI is InChI=1S/C19H18ClNO3/c1-12(22)11-21-17-10-19(13-3-5-14(20)6-4-13)24-18-8-7-15(23-2)9-16(17)18/h3-10,12,22H,11H2,1-2H3/t12-/m0/s1. The molecule has 0 saturated carbocycles. The molecule has 0 aliphatic carbocycles. The zero-order valence-electron chi connectivity index (χ0n) is 13.5. The molecule has 1 atom stereocenters. The van der Waals surface area contributed by atoms with Gasteiger partial charge in [0.25, 0.3) is 0 Å². The van der Waals surface area contributed by atoms with Gasteiger partial charge in [-0.15, -0.1) is 0 Å². The Hall–Kier alpha value is -2.30. The van der Waals surface area contributed by atoms with E-state index >= 15 is 0 Å². The Bertz CT molecular complexity index is 914. The van der Waals surface area contributed by atoms with Crippen LogP contribution in [0, 0.1) is 0 Å². The van der Waals surface area contributed by atoms with Gasteiger partial charge in [0.05, 0.1) is 25.1 Å². The predicted octanol–water partition coefficient (Wildman–Crippen LogP) is 4.04. The number of hydrogen-bond acceptors (Lipinski definition) is 4. The number of aliphatic hydroxyl groups excluding tert-OH is 1. The molecule has 2 aromatic carbocycles. The lowest BCUT2D eigenvalue weighted by atomic mass is 10.1. The van der Waals surface area contributed by atoms with Gasteiger partial charge in [-0.2, -0.15) is 0 Å². The van der Waals surface area contributed by atoms with Crippen molar-refractivity contribution in [3.8, 4) is 17.1 Å². The van der Waals surface area contributed by atoms with E-state index in [4.69, 9.17) is 20.8 Å². The third-order valence-electron chi connectivity index (χ3n) is 3.61. The number of fused-ring (bicyclic) bond motifs is 1. The minimum Gasteiger partial charge on any atom is -0.497 e. The van der Waals surface area contributed by atoms with Gasteiger partial charge < -0.3 is 14.3 Å². The summed E-state index contributed by atoms with van der Waals surface area (Å²) < 4.78 is 11.3. The first-order valence-electron chi connectivity index (χ1n) is 7.63. The summed E-state index contributed by atoms with van der Waals surface area (Å²) >= 11 is 5.95. The monoisotopic (exact) mass is 343 g/mol. The average Bonchev–Trinajstić information content (AvgIpc) is 2.59. The molecule has 0 aliphatic heterocycles. The number of aliphatic hydroxyl groups is 1. The van der Waals surface area contributed by atoms with Gasteiger partial charge in [-0.05, 0) is 49.4 Å². The smallest absolute Gasteiger partial charge is 0.137 e. The molecule has 0 bridgehead atoms. The van der Waals surface area contributed by atoms with E-state index in [1.807, 2.05) is 48.5 Å². The molecule has 124 valence electrons. The quantitative estimate of drug-likeness (QED) is 0.777. The highest BCUT2D eigenvalue weighted by atomic mass is 35.5. The molecule has 0 saturated heterocycles. The van der Waals surface area contributed by atoms with E-state index in [1.165, 1.54) is 0 Å². The molecule has 0 fully saturated rings. The predicted molar refractivity (Wildman–Crippen MR) is 95.3 cm³/mol. The van der Waals surface area contributed by atoms with E-state index in [0.717, 1.165) is 22.1 Å². The number of benzene rings is 2. The van der Waals surface area contributed by atoms with Crippen LogP contribution in [-0.4, -0.2) is 24.9 Å². The second kappa shape index (κ2) is 7.07. The first kappa shape index (κ1) is 16.6. The van der Waals surface area contributed by atoms with E-state index in [9.17, 15) is 5.11 Å². The van der Waals surface area contributed by atoms with Gasteiger partial charge in [-0.3, -0.25) is 4.99 Å². The molecular formula is C19H18ClNO3. The van der Waals surface area contributed by atoms with Crippen LogP contribution in [-0.2, 0) is 0 Å². The van der Waals surface area contributed by atoms with Gasteiger partial charge in [0.1, 0.15) is 17.1 Å². The highest BCUT2D eigenvalue weighted by molar-refractivity contribution is 6.30. The topological polar surface area (TPSA) is 55.0 Å². The Morgan fingerprint density at radius 3 is 2.58 bits per heavy atom. The lowest BCUT2D eigenvalue weighted by molar-refractivity contribution is 0.203. The Labute approximate surface area is 145 Å². The normalized spacial score (nSPS) is 13.2. The molecule has 3 rings (SSSR count). The SMILES string of the molecule is COc1ccc2oc(-c3ccc(Cl)cc3)cc(=NC[C@H](C)O)c2c1. The van der Waals surface area contributed by atoms with Crippen LogP contribution in [0.1, 0.15) is 6.92 Å². The fourth-order valence-electron chi connectivity index (χ4n) is 2.39. The second-order valence-electron chi connectivity index (χ2n) is 5.55. The summed E-state index contributed by atoms with van der Waals surface area (Å²) in [4.78, 5) is 4.52. The fraction of sp³-hybridized carbons (Fsp3) is 0.211. The van der Waals surface area contributed by atoms with Crippen molar-refractivity contribution < 1.29 is 14.3 Å². The molecule has 0 radical (unpaired) electrons. The summed E-state index contributed by atoms with van der Waals surface area (Å²) in [6.07, 6.45) is -0.512. The maximum absolute atomic E-state index is 9.55. The van der Waals surface area contributed by atoms with Crippen LogP contribution in [0.5, 0.6) is 5.75 Å². The molecule has 0 unspecified atom stereocenters. The van der Waals surface area contributed by atoms with Gasteiger partial charge in [-0.25, -0.2) is 0 Å². The van der Waals surface area contributed by atoms with Gasteiger partial charge in [0.2, 0.25) is 0 Å². The van der Waals surface area contributed by atoms with Crippen LogP contribution in [0.4, 0.5) is 0 Å². The van der Waals surface area contributed by atoms with E-state index in [1.54, 1.807) is 14.0 Å². The highest BCUT2D eigenvalue weighted by Gasteiger charge is 2.08. The van der Waals surface area contributed by atoms with Crippen LogP contribution in [0.25, 0.3) is 22.3 Å². The number of halogens is 1. The van der Waals surface area contributed by atoms with E-state index in [-0.39, 0.29) is 0 Å². The zero-order chi connectivity index (χ0) is 17.1. The fourth-order valence-corrected chi connectivity index (χ4v) is 2.52. The zero-order valence-corrected chi connectivity index (χ0v) is 14.2. The third kappa shape index (κ3) is 3.61. The van der Waals surface area contributed by atoms with Crippen molar-refractivity contribution in [3.05, 3.63) is 58.9 Å². The van der Waals surface area contributed by atoms with Crippen molar-refractivity contribution in [1.29, 1.82) is 0 Å². The molecule has 1 heterocycles. The molecule has 4 nitrogen and oxygen atoms in total. The van der Waals surface area contributed by atoms with Crippen LogP contribution in [0.2, 0.25) is 5.02 Å². The molecule has 0 aliphatic rings. The van der Waals surface area contributed by atoms with Crippen LogP contribution >= 0.6 is 11.6 Å². The van der Waals surface area contributed by atoms with Gasteiger partial charge in [-0.1, -0.05) is 11.6 Å². The first-order valence-corrected chi connectivity index (χ1v) is 8.01. The molecule has 1 aromatic heterocycles. The average molecular weight is 344 g/mol. The van der Waals surface area contributed by atoms with Crippen LogP contribution < -0.4 is 10.1 Å². The van der Waals surface area contributed by atoms with Crippen molar-refractivity contribution in [3.63, 3.8) is 0 Å². The van der Waals surface area contributed by atoms with Crippen molar-refractivity contribution in [2.45, 2.75) is 13.0 Å². The molecule has 3 aromatic rings. The molecule has 5 heteroatoms. The number of methoxy groups -OCH3 is 1. The van der Waals surface area contributed by atoms with Gasteiger partial charge in [0, 0.05) is 22.0 Å². The first-order chi connectivity index (χ1) is 11.6. The molecule has 24 heavy (non-hydrogen) atoms. The molecule has 0 amide bonds. The summed E-state index contributed by atoms with van der Waals surface area (Å²) in [5.41, 5.74) is 1.61. The Morgan fingerprint density at radius 2 is 1.92 bits per heavy atom. The highest BCUT2D eigenvalue weighted by Crippen LogP contribution is 2.25. The van der Waals surface area contributed by atoms with Gasteiger partial charge in [0.15, 0.2) is 0 Å². The van der Waals surface area contributed by atoms with E-state index < -0.39 is 6.10 Å². The second-order valence-corrected chi connectivity index (χ2v) is 5.99. The van der Waals surface area contributed by atoms with Gasteiger partial charge >= 0.3 is 0 Å². The van der Waals surface area contributed by atoms with Crippen molar-refractivity contribution in [2.24, 2.45) is 4.99 Å². The molecular weight excluding hydrogens is 326 g/mol. The van der Waals surface area contributed by atoms with Crippen molar-refractivity contribution in [2.75, 3.05) is 13.7 Å². The maximum atomic E-state index is 9.55. The minimum absolute atomic E-state index is 0.316. The molecule has 1 N–H and O–H groups in total. The lowest BCUT2D eigenvalue weighted by Gasteiger charge is -2.07. The summed E-state index contributed by atoms with van der Waals surface area (Å²) in [5, 5.41) is 11.8. The number of ether oxygens (including phenoxy) is 1.